The first-order valence-corrected chi connectivity index (χ1v) is 7.06. The number of nitrogens with zero attached hydrogens (tertiary/aromatic N) is 1. The maximum atomic E-state index is 12.7. The third kappa shape index (κ3) is 2.44. The number of phenolic OH excluding ortho intramolecular Hbond substituents is 1. The number of hydrogen-bond acceptors (Lipinski definition) is 3. The van der Waals surface area contributed by atoms with Crippen LogP contribution in [-0.4, -0.2) is 17.6 Å². The largest absolute Gasteiger partial charge is 0.508 e. The summed E-state index contributed by atoms with van der Waals surface area (Å²) in [6, 6.07) is 10.7. The van der Waals surface area contributed by atoms with Gasteiger partial charge >= 0.3 is 0 Å². The van der Waals surface area contributed by atoms with Crippen LogP contribution in [-0.2, 0) is 6.42 Å². The second kappa shape index (κ2) is 5.13. The molecule has 0 radical (unpaired) electrons. The van der Waals surface area contributed by atoms with Crippen molar-refractivity contribution in [1.82, 2.24) is 0 Å². The number of aryl methyl sites for hydroxylation is 2. The van der Waals surface area contributed by atoms with E-state index in [-0.39, 0.29) is 11.7 Å². The Morgan fingerprint density at radius 1 is 1.24 bits per heavy atom. The van der Waals surface area contributed by atoms with Gasteiger partial charge < -0.3 is 15.7 Å². The molecule has 4 nitrogen and oxygen atoms in total. The number of nitrogen functional groups attached to an aromatic ring is 1. The molecular formula is C17H18N2O2. The first kappa shape index (κ1) is 13.5. The van der Waals surface area contributed by atoms with E-state index in [0.29, 0.717) is 12.1 Å². The second-order valence-electron chi connectivity index (χ2n) is 5.45. The van der Waals surface area contributed by atoms with Gasteiger partial charge in [0.25, 0.3) is 5.91 Å². The Morgan fingerprint density at radius 2 is 2.05 bits per heavy atom. The number of rotatable bonds is 1. The van der Waals surface area contributed by atoms with Crippen LogP contribution in [0.25, 0.3) is 0 Å². The van der Waals surface area contributed by atoms with Crippen LogP contribution in [0.15, 0.2) is 36.4 Å². The van der Waals surface area contributed by atoms with Gasteiger partial charge in [-0.1, -0.05) is 6.07 Å². The first-order valence-electron chi connectivity index (χ1n) is 7.06. The summed E-state index contributed by atoms with van der Waals surface area (Å²) in [6.45, 7) is 2.49. The lowest BCUT2D eigenvalue weighted by molar-refractivity contribution is 0.0984. The zero-order valence-corrected chi connectivity index (χ0v) is 12.0. The van der Waals surface area contributed by atoms with Gasteiger partial charge in [0.2, 0.25) is 0 Å². The van der Waals surface area contributed by atoms with Crippen LogP contribution in [0.3, 0.4) is 0 Å². The van der Waals surface area contributed by atoms with Crippen molar-refractivity contribution in [2.75, 3.05) is 17.2 Å². The highest BCUT2D eigenvalue weighted by Crippen LogP contribution is 2.30. The van der Waals surface area contributed by atoms with Crippen molar-refractivity contribution >= 4 is 17.3 Å². The molecule has 2 aromatic rings. The predicted molar refractivity (Wildman–Crippen MR) is 83.7 cm³/mol. The summed E-state index contributed by atoms with van der Waals surface area (Å²) in [5.41, 5.74) is 9.82. The highest BCUT2D eigenvalue weighted by Gasteiger charge is 2.24. The molecule has 0 saturated heterocycles. The maximum Gasteiger partial charge on any atom is 0.258 e. The number of amides is 1. The van der Waals surface area contributed by atoms with Crippen LogP contribution in [0.5, 0.6) is 5.75 Å². The number of aromatic hydroxyl groups is 1. The second-order valence-corrected chi connectivity index (χ2v) is 5.45. The Bertz CT molecular complexity index is 710. The van der Waals surface area contributed by atoms with Gasteiger partial charge in [-0.3, -0.25) is 4.79 Å². The van der Waals surface area contributed by atoms with Gasteiger partial charge in [0.15, 0.2) is 0 Å². The Morgan fingerprint density at radius 3 is 2.81 bits per heavy atom. The first-order chi connectivity index (χ1) is 10.1. The Labute approximate surface area is 123 Å². The molecule has 0 atom stereocenters. The molecule has 3 N–H and O–H groups in total. The van der Waals surface area contributed by atoms with Crippen molar-refractivity contribution in [3.8, 4) is 5.75 Å². The molecule has 0 unspecified atom stereocenters. The fourth-order valence-electron chi connectivity index (χ4n) is 2.73. The van der Waals surface area contributed by atoms with Gasteiger partial charge in [-0.05, 0) is 61.2 Å². The molecule has 0 aliphatic carbocycles. The SMILES string of the molecule is Cc1ccc(C(=O)N2CCCc3cc(N)ccc32)cc1O. The third-order valence-corrected chi connectivity index (χ3v) is 3.92. The summed E-state index contributed by atoms with van der Waals surface area (Å²) in [7, 11) is 0. The number of carbonyl (C=O) groups excluding carboxylic acids is 1. The minimum Gasteiger partial charge on any atom is -0.508 e. The van der Waals surface area contributed by atoms with Crippen LogP contribution in [0.1, 0.15) is 27.9 Å². The molecule has 0 fully saturated rings. The van der Waals surface area contributed by atoms with E-state index in [0.717, 1.165) is 35.3 Å². The van der Waals surface area contributed by atoms with E-state index in [4.69, 9.17) is 5.73 Å². The summed E-state index contributed by atoms with van der Waals surface area (Å²) in [6.07, 6.45) is 1.85. The van der Waals surface area contributed by atoms with Crippen molar-refractivity contribution in [3.63, 3.8) is 0 Å². The predicted octanol–water partition coefficient (Wildman–Crippen LogP) is 2.88. The van der Waals surface area contributed by atoms with E-state index in [1.54, 1.807) is 17.0 Å². The molecule has 1 aliphatic heterocycles. The molecule has 0 bridgehead atoms. The smallest absolute Gasteiger partial charge is 0.258 e. The van der Waals surface area contributed by atoms with Gasteiger partial charge in [0.1, 0.15) is 5.75 Å². The number of carbonyl (C=O) groups is 1. The van der Waals surface area contributed by atoms with Crippen LogP contribution < -0.4 is 10.6 Å². The molecule has 108 valence electrons. The van der Waals surface area contributed by atoms with E-state index < -0.39 is 0 Å². The quantitative estimate of drug-likeness (QED) is 0.790. The molecule has 2 aromatic carbocycles. The molecule has 0 saturated carbocycles. The van der Waals surface area contributed by atoms with E-state index in [9.17, 15) is 9.90 Å². The lowest BCUT2D eigenvalue weighted by Gasteiger charge is -2.30. The summed E-state index contributed by atoms with van der Waals surface area (Å²) < 4.78 is 0. The van der Waals surface area contributed by atoms with E-state index in [1.165, 1.54) is 6.07 Å². The average Bonchev–Trinajstić information content (AvgIpc) is 2.48. The lowest BCUT2D eigenvalue weighted by atomic mass is 10.00. The number of phenols is 1. The Balaban J connectivity index is 1.98. The van der Waals surface area contributed by atoms with Gasteiger partial charge in [-0.25, -0.2) is 0 Å². The Kier molecular flexibility index (Phi) is 3.29. The molecule has 0 spiro atoms. The molecule has 1 heterocycles. The number of anilines is 2. The van der Waals surface area contributed by atoms with Crippen LogP contribution in [0.4, 0.5) is 11.4 Å². The monoisotopic (exact) mass is 282 g/mol. The standard InChI is InChI=1S/C17H18N2O2/c1-11-4-5-13(10-16(11)20)17(21)19-8-2-3-12-9-14(18)6-7-15(12)19/h4-7,9-10,20H,2-3,8,18H2,1H3. The number of fused-ring (bicyclic) bond motifs is 1. The average molecular weight is 282 g/mol. The van der Waals surface area contributed by atoms with Crippen LogP contribution >= 0.6 is 0 Å². The molecular weight excluding hydrogens is 264 g/mol. The highest BCUT2D eigenvalue weighted by atomic mass is 16.3. The molecule has 21 heavy (non-hydrogen) atoms. The summed E-state index contributed by atoms with van der Waals surface area (Å²) in [4.78, 5) is 14.5. The summed E-state index contributed by atoms with van der Waals surface area (Å²) >= 11 is 0. The lowest BCUT2D eigenvalue weighted by Crippen LogP contribution is -2.35. The van der Waals surface area contributed by atoms with Crippen molar-refractivity contribution < 1.29 is 9.90 Å². The fraction of sp³-hybridized carbons (Fsp3) is 0.235. The number of hydrogen-bond donors (Lipinski definition) is 2. The van der Waals surface area contributed by atoms with Gasteiger partial charge in [-0.2, -0.15) is 0 Å². The van der Waals surface area contributed by atoms with Crippen molar-refractivity contribution in [3.05, 3.63) is 53.1 Å². The molecule has 1 amide bonds. The van der Waals surface area contributed by atoms with Crippen LogP contribution in [0.2, 0.25) is 0 Å². The molecule has 4 heteroatoms. The van der Waals surface area contributed by atoms with E-state index >= 15 is 0 Å². The fourth-order valence-corrected chi connectivity index (χ4v) is 2.73. The Hall–Kier alpha value is -2.49. The maximum absolute atomic E-state index is 12.7. The summed E-state index contributed by atoms with van der Waals surface area (Å²) in [5.74, 6) is 0.0615. The number of nitrogens with two attached hydrogens (primary N) is 1. The van der Waals surface area contributed by atoms with E-state index in [2.05, 4.69) is 0 Å². The van der Waals surface area contributed by atoms with Crippen molar-refractivity contribution in [1.29, 1.82) is 0 Å². The van der Waals surface area contributed by atoms with Gasteiger partial charge in [-0.15, -0.1) is 0 Å². The highest BCUT2D eigenvalue weighted by molar-refractivity contribution is 6.07. The topological polar surface area (TPSA) is 66.6 Å². The van der Waals surface area contributed by atoms with Gasteiger partial charge in [0.05, 0.1) is 0 Å². The minimum absolute atomic E-state index is 0.0870. The summed E-state index contributed by atoms with van der Waals surface area (Å²) in [5, 5.41) is 9.79. The minimum atomic E-state index is -0.0870. The molecule has 3 rings (SSSR count). The zero-order chi connectivity index (χ0) is 15.0. The molecule has 1 aliphatic rings. The van der Waals surface area contributed by atoms with Crippen molar-refractivity contribution in [2.45, 2.75) is 19.8 Å². The normalized spacial score (nSPS) is 13.9. The number of benzene rings is 2. The van der Waals surface area contributed by atoms with Crippen molar-refractivity contribution in [2.24, 2.45) is 0 Å². The van der Waals surface area contributed by atoms with Crippen LogP contribution in [0, 0.1) is 6.92 Å². The molecule has 0 aromatic heterocycles. The van der Waals surface area contributed by atoms with Gasteiger partial charge in [0, 0.05) is 23.5 Å². The third-order valence-electron chi connectivity index (χ3n) is 3.92. The van der Waals surface area contributed by atoms with E-state index in [1.807, 2.05) is 25.1 Å². The zero-order valence-electron chi connectivity index (χ0n) is 12.0.